The summed E-state index contributed by atoms with van der Waals surface area (Å²) < 4.78 is 7.10. The summed E-state index contributed by atoms with van der Waals surface area (Å²) in [4.78, 5) is 11.9. The third-order valence-corrected chi connectivity index (χ3v) is 3.44. The smallest absolute Gasteiger partial charge is 0.315 e. The van der Waals surface area contributed by atoms with Crippen molar-refractivity contribution in [1.29, 1.82) is 0 Å². The Morgan fingerprint density at radius 2 is 2.18 bits per heavy atom. The normalized spacial score (nSPS) is 13.0. The van der Waals surface area contributed by atoms with E-state index in [1.54, 1.807) is 12.3 Å². The number of carbonyl (C=O) groups excluding carboxylic acids is 1. The Bertz CT molecular complexity index is 623. The number of hydrogen-bond donors (Lipinski definition) is 2. The molecule has 0 unspecified atom stereocenters. The fourth-order valence-corrected chi connectivity index (χ4v) is 2.15. The maximum atomic E-state index is 11.9. The van der Waals surface area contributed by atoms with Gasteiger partial charge in [-0.05, 0) is 46.8 Å². The Labute approximate surface area is 130 Å². The van der Waals surface area contributed by atoms with Crippen LogP contribution in [0.1, 0.15) is 50.8 Å². The van der Waals surface area contributed by atoms with E-state index in [9.17, 15) is 4.79 Å². The van der Waals surface area contributed by atoms with Gasteiger partial charge in [0.05, 0.1) is 30.1 Å². The van der Waals surface area contributed by atoms with Crippen molar-refractivity contribution in [2.75, 3.05) is 0 Å². The van der Waals surface area contributed by atoms with E-state index in [4.69, 9.17) is 4.42 Å². The molecule has 1 atom stereocenters. The molecule has 0 saturated carbocycles. The van der Waals surface area contributed by atoms with Gasteiger partial charge in [-0.15, -0.1) is 0 Å². The van der Waals surface area contributed by atoms with Crippen LogP contribution >= 0.6 is 0 Å². The van der Waals surface area contributed by atoms with Crippen LogP contribution in [0.2, 0.25) is 0 Å². The van der Waals surface area contributed by atoms with Crippen molar-refractivity contribution in [2.45, 2.75) is 52.7 Å². The molecule has 2 amide bonds. The van der Waals surface area contributed by atoms with Crippen LogP contribution in [-0.2, 0) is 12.1 Å². The minimum absolute atomic E-state index is 0.0791. The molecule has 0 bridgehead atoms. The van der Waals surface area contributed by atoms with Crippen LogP contribution in [0.5, 0.6) is 0 Å². The molecule has 6 heteroatoms. The van der Waals surface area contributed by atoms with Crippen molar-refractivity contribution in [3.05, 3.63) is 41.6 Å². The molecule has 0 aliphatic heterocycles. The van der Waals surface area contributed by atoms with Gasteiger partial charge in [-0.2, -0.15) is 5.10 Å². The monoisotopic (exact) mass is 304 g/mol. The SMILES string of the molecule is Cc1nn(C(C)(C)C)cc1[C@H](C)NC(=O)NCc1ccco1. The number of amides is 2. The van der Waals surface area contributed by atoms with Crippen molar-refractivity contribution in [3.63, 3.8) is 0 Å². The number of rotatable bonds is 4. The van der Waals surface area contributed by atoms with Gasteiger partial charge < -0.3 is 15.1 Å². The minimum atomic E-state index is -0.230. The predicted molar refractivity (Wildman–Crippen MR) is 84.5 cm³/mol. The van der Waals surface area contributed by atoms with Gasteiger partial charge in [0.15, 0.2) is 0 Å². The maximum Gasteiger partial charge on any atom is 0.315 e. The second-order valence-electron chi connectivity index (χ2n) is 6.41. The van der Waals surface area contributed by atoms with E-state index in [0.29, 0.717) is 6.54 Å². The van der Waals surface area contributed by atoms with Gasteiger partial charge in [0.2, 0.25) is 0 Å². The lowest BCUT2D eigenvalue weighted by Crippen LogP contribution is -2.36. The summed E-state index contributed by atoms with van der Waals surface area (Å²) in [5.41, 5.74) is 1.86. The Balaban J connectivity index is 1.95. The predicted octanol–water partition coefficient (Wildman–Crippen LogP) is 3.10. The molecule has 0 saturated heterocycles. The molecule has 6 nitrogen and oxygen atoms in total. The van der Waals surface area contributed by atoms with Crippen LogP contribution in [0.25, 0.3) is 0 Å². The van der Waals surface area contributed by atoms with E-state index < -0.39 is 0 Å². The minimum Gasteiger partial charge on any atom is -0.467 e. The van der Waals surface area contributed by atoms with Crippen molar-refractivity contribution < 1.29 is 9.21 Å². The first-order valence-corrected chi connectivity index (χ1v) is 7.41. The highest BCUT2D eigenvalue weighted by atomic mass is 16.3. The van der Waals surface area contributed by atoms with E-state index >= 15 is 0 Å². The van der Waals surface area contributed by atoms with Gasteiger partial charge in [-0.1, -0.05) is 0 Å². The van der Waals surface area contributed by atoms with Crippen LogP contribution in [0, 0.1) is 6.92 Å². The first-order valence-electron chi connectivity index (χ1n) is 7.41. The van der Waals surface area contributed by atoms with Crippen LogP contribution in [0.4, 0.5) is 4.79 Å². The van der Waals surface area contributed by atoms with E-state index in [1.807, 2.05) is 30.8 Å². The third kappa shape index (κ3) is 3.90. The standard InChI is InChI=1S/C16H24N4O2/c1-11(14-10-20(16(3,4)5)19-12(14)2)18-15(21)17-9-13-7-6-8-22-13/h6-8,10-11H,9H2,1-5H3,(H2,17,18,21)/t11-/m0/s1. The largest absolute Gasteiger partial charge is 0.467 e. The van der Waals surface area contributed by atoms with Crippen LogP contribution in [-0.4, -0.2) is 15.8 Å². The molecule has 120 valence electrons. The lowest BCUT2D eigenvalue weighted by Gasteiger charge is -2.19. The summed E-state index contributed by atoms with van der Waals surface area (Å²) in [7, 11) is 0. The summed E-state index contributed by atoms with van der Waals surface area (Å²) >= 11 is 0. The Hall–Kier alpha value is -2.24. The number of hydrogen-bond acceptors (Lipinski definition) is 3. The molecular weight excluding hydrogens is 280 g/mol. The fourth-order valence-electron chi connectivity index (χ4n) is 2.15. The molecule has 0 aliphatic rings. The number of nitrogens with one attached hydrogen (secondary N) is 2. The van der Waals surface area contributed by atoms with Crippen molar-refractivity contribution in [2.24, 2.45) is 0 Å². The molecule has 2 rings (SSSR count). The molecule has 2 N–H and O–H groups in total. The average molecular weight is 304 g/mol. The lowest BCUT2D eigenvalue weighted by molar-refractivity contribution is 0.236. The number of nitrogens with zero attached hydrogens (tertiary/aromatic N) is 2. The summed E-state index contributed by atoms with van der Waals surface area (Å²) in [5, 5.41) is 10.2. The topological polar surface area (TPSA) is 72.1 Å². The first-order chi connectivity index (χ1) is 10.3. The zero-order chi connectivity index (χ0) is 16.3. The van der Waals surface area contributed by atoms with Crippen molar-refractivity contribution in [1.82, 2.24) is 20.4 Å². The Morgan fingerprint density at radius 3 is 2.73 bits per heavy atom. The first kappa shape index (κ1) is 16.1. The highest BCUT2D eigenvalue weighted by molar-refractivity contribution is 5.74. The second kappa shape index (κ2) is 6.25. The van der Waals surface area contributed by atoms with E-state index in [0.717, 1.165) is 17.0 Å². The Kier molecular flexibility index (Phi) is 4.59. The molecule has 0 radical (unpaired) electrons. The van der Waals surface area contributed by atoms with Crippen molar-refractivity contribution >= 4 is 6.03 Å². The second-order valence-corrected chi connectivity index (χ2v) is 6.41. The molecule has 0 fully saturated rings. The zero-order valence-electron chi connectivity index (χ0n) is 13.8. The molecular formula is C16H24N4O2. The van der Waals surface area contributed by atoms with Gasteiger partial charge in [0.25, 0.3) is 0 Å². The number of carbonyl (C=O) groups is 1. The fraction of sp³-hybridized carbons (Fsp3) is 0.500. The number of aromatic nitrogens is 2. The van der Waals surface area contributed by atoms with Gasteiger partial charge in [0.1, 0.15) is 5.76 Å². The molecule has 0 spiro atoms. The Morgan fingerprint density at radius 1 is 1.45 bits per heavy atom. The van der Waals surface area contributed by atoms with Crippen LogP contribution < -0.4 is 10.6 Å². The molecule has 2 aromatic heterocycles. The van der Waals surface area contributed by atoms with E-state index in [-0.39, 0.29) is 17.6 Å². The van der Waals surface area contributed by atoms with Gasteiger partial charge in [0, 0.05) is 11.8 Å². The molecule has 0 aromatic carbocycles. The quantitative estimate of drug-likeness (QED) is 0.911. The highest BCUT2D eigenvalue weighted by Gasteiger charge is 2.20. The number of aryl methyl sites for hydroxylation is 1. The molecule has 0 aliphatic carbocycles. The van der Waals surface area contributed by atoms with Gasteiger partial charge in [-0.3, -0.25) is 4.68 Å². The molecule has 2 aromatic rings. The molecule has 22 heavy (non-hydrogen) atoms. The van der Waals surface area contributed by atoms with Gasteiger partial charge >= 0.3 is 6.03 Å². The maximum absolute atomic E-state index is 11.9. The summed E-state index contributed by atoms with van der Waals surface area (Å²) in [5.74, 6) is 0.722. The van der Waals surface area contributed by atoms with E-state index in [2.05, 4.69) is 36.5 Å². The van der Waals surface area contributed by atoms with Gasteiger partial charge in [-0.25, -0.2) is 4.79 Å². The van der Waals surface area contributed by atoms with Crippen LogP contribution in [0.3, 0.4) is 0 Å². The number of furan rings is 1. The molecule has 2 heterocycles. The van der Waals surface area contributed by atoms with Crippen molar-refractivity contribution in [3.8, 4) is 0 Å². The average Bonchev–Trinajstić information content (AvgIpc) is 3.04. The lowest BCUT2D eigenvalue weighted by atomic mass is 10.1. The third-order valence-electron chi connectivity index (χ3n) is 3.44. The zero-order valence-corrected chi connectivity index (χ0v) is 13.8. The highest BCUT2D eigenvalue weighted by Crippen LogP contribution is 2.20. The summed E-state index contributed by atoms with van der Waals surface area (Å²) in [6, 6.07) is 3.27. The summed E-state index contributed by atoms with van der Waals surface area (Å²) in [6.45, 7) is 10.6. The summed E-state index contributed by atoms with van der Waals surface area (Å²) in [6.07, 6.45) is 3.58. The van der Waals surface area contributed by atoms with Crippen LogP contribution in [0.15, 0.2) is 29.0 Å². The van der Waals surface area contributed by atoms with E-state index in [1.165, 1.54) is 0 Å². The number of urea groups is 1.